The summed E-state index contributed by atoms with van der Waals surface area (Å²) in [4.78, 5) is 21.1. The number of rotatable bonds is 11. The lowest BCUT2D eigenvalue weighted by molar-refractivity contribution is -0.123. The minimum absolute atomic E-state index is 0.0537. The fourth-order valence-electron chi connectivity index (χ4n) is 6.65. The van der Waals surface area contributed by atoms with Crippen LogP contribution in [0.25, 0.3) is 22.2 Å². The minimum Gasteiger partial charge on any atom is -0.382 e. The van der Waals surface area contributed by atoms with E-state index in [-0.39, 0.29) is 34.6 Å². The van der Waals surface area contributed by atoms with E-state index in [1.165, 1.54) is 24.3 Å². The van der Waals surface area contributed by atoms with Crippen molar-refractivity contribution >= 4 is 27.0 Å². The highest BCUT2D eigenvalue weighted by Gasteiger charge is 2.67. The zero-order valence-electron chi connectivity index (χ0n) is 27.8. The lowest BCUT2D eigenvalue weighted by atomic mass is 9.95. The first kappa shape index (κ1) is 37.0. The Morgan fingerprint density at radius 1 is 1.06 bits per heavy atom. The molecule has 1 saturated carbocycles. The van der Waals surface area contributed by atoms with Crippen LogP contribution in [0.4, 0.5) is 26.3 Å². The summed E-state index contributed by atoms with van der Waals surface area (Å²) in [6.07, 6.45) is -1.70. The molecule has 1 fully saturated rings. The smallest absolute Gasteiger partial charge is 0.293 e. The average molecular weight is 749 g/mol. The van der Waals surface area contributed by atoms with E-state index in [0.717, 1.165) is 25.3 Å². The van der Waals surface area contributed by atoms with Gasteiger partial charge in [-0.15, -0.1) is 0 Å². The van der Waals surface area contributed by atoms with Crippen molar-refractivity contribution in [3.8, 4) is 11.1 Å². The van der Waals surface area contributed by atoms with E-state index in [0.29, 0.717) is 32.9 Å². The molecule has 2 aliphatic carbocycles. The van der Waals surface area contributed by atoms with E-state index < -0.39 is 75.7 Å². The summed E-state index contributed by atoms with van der Waals surface area (Å²) in [5.74, 6) is -8.00. The van der Waals surface area contributed by atoms with E-state index in [9.17, 15) is 30.8 Å². The van der Waals surface area contributed by atoms with E-state index in [4.69, 9.17) is 14.9 Å². The van der Waals surface area contributed by atoms with Gasteiger partial charge in [0.15, 0.2) is 0 Å². The van der Waals surface area contributed by atoms with E-state index >= 15 is 8.78 Å². The average Bonchev–Trinajstić information content (AvgIpc) is 3.48. The summed E-state index contributed by atoms with van der Waals surface area (Å²) in [5, 5.41) is 11.6. The molecule has 3 atom stereocenters. The number of ether oxygens (including phenoxy) is 1. The largest absolute Gasteiger partial charge is 0.382 e. The van der Waals surface area contributed by atoms with Crippen molar-refractivity contribution in [3.05, 3.63) is 101 Å². The van der Waals surface area contributed by atoms with Gasteiger partial charge in [-0.1, -0.05) is 12.1 Å². The summed E-state index contributed by atoms with van der Waals surface area (Å²) in [5.41, 5.74) is 0.411. The SMILES string of the molecule is CCOCC.NS(=O)(=O)c1ccc(-c2cc3[nH]ccc3nc2[C@@H](Cc2cc(F)cc(F)c2)NC(=O)Cn2nc(C(F)F)c3c2C(F)(F)[C@@H]2C[C@H]32)cc1. The molecule has 0 spiro atoms. The van der Waals surface area contributed by atoms with Crippen molar-refractivity contribution in [2.75, 3.05) is 13.2 Å². The maximum atomic E-state index is 15.1. The Hall–Kier alpha value is -4.74. The Morgan fingerprint density at radius 3 is 2.33 bits per heavy atom. The maximum absolute atomic E-state index is 15.1. The Morgan fingerprint density at radius 2 is 1.73 bits per heavy atom. The zero-order chi connectivity index (χ0) is 37.5. The van der Waals surface area contributed by atoms with Gasteiger partial charge in [0.05, 0.1) is 27.7 Å². The summed E-state index contributed by atoms with van der Waals surface area (Å²) >= 11 is 0. The van der Waals surface area contributed by atoms with Gasteiger partial charge in [0.2, 0.25) is 15.9 Å². The van der Waals surface area contributed by atoms with Crippen LogP contribution in [0.5, 0.6) is 0 Å². The molecule has 2 aliphatic rings. The van der Waals surface area contributed by atoms with Crippen molar-refractivity contribution < 1.29 is 44.3 Å². The van der Waals surface area contributed by atoms with Crippen LogP contribution in [0.3, 0.4) is 0 Å². The molecule has 0 saturated heterocycles. The van der Waals surface area contributed by atoms with Gasteiger partial charge in [-0.2, -0.15) is 13.9 Å². The number of sulfonamides is 1. The van der Waals surface area contributed by atoms with Crippen LogP contribution in [0, 0.1) is 17.6 Å². The topological polar surface area (TPSA) is 145 Å². The van der Waals surface area contributed by atoms with Crippen molar-refractivity contribution in [1.29, 1.82) is 0 Å². The number of benzene rings is 2. The molecule has 276 valence electrons. The first-order chi connectivity index (χ1) is 24.6. The molecule has 1 amide bonds. The number of carbonyl (C=O) groups is 1. The number of aromatic nitrogens is 4. The van der Waals surface area contributed by atoms with Crippen LogP contribution in [0.1, 0.15) is 66.9 Å². The first-order valence-electron chi connectivity index (χ1n) is 16.3. The van der Waals surface area contributed by atoms with Crippen molar-refractivity contribution in [3.63, 3.8) is 0 Å². The number of primary sulfonamides is 1. The molecule has 17 heteroatoms. The second kappa shape index (κ2) is 14.4. The van der Waals surface area contributed by atoms with Crippen LogP contribution in [0.15, 0.2) is 65.7 Å². The predicted octanol–water partition coefficient (Wildman–Crippen LogP) is 6.64. The second-order valence-electron chi connectivity index (χ2n) is 12.5. The molecule has 7 rings (SSSR count). The van der Waals surface area contributed by atoms with Crippen LogP contribution < -0.4 is 10.5 Å². The van der Waals surface area contributed by atoms with E-state index in [2.05, 4.69) is 15.4 Å². The van der Waals surface area contributed by atoms with E-state index in [1.807, 2.05) is 13.8 Å². The highest BCUT2D eigenvalue weighted by Crippen LogP contribution is 2.68. The third-order valence-electron chi connectivity index (χ3n) is 8.95. The van der Waals surface area contributed by atoms with Crippen molar-refractivity contribution in [1.82, 2.24) is 25.1 Å². The number of nitrogens with one attached hydrogen (secondary N) is 2. The van der Waals surface area contributed by atoms with Crippen LogP contribution in [-0.2, 0) is 38.4 Å². The number of hydrogen-bond donors (Lipinski definition) is 3. The number of pyridine rings is 1. The highest BCUT2D eigenvalue weighted by molar-refractivity contribution is 7.89. The molecule has 2 aromatic carbocycles. The number of fused-ring (bicyclic) bond motifs is 4. The Labute approximate surface area is 294 Å². The molecular formula is C35H34F6N6O4S. The first-order valence-corrected chi connectivity index (χ1v) is 17.9. The molecule has 10 nitrogen and oxygen atoms in total. The molecule has 3 aromatic heterocycles. The van der Waals surface area contributed by atoms with Crippen molar-refractivity contribution in [2.24, 2.45) is 11.1 Å². The summed E-state index contributed by atoms with van der Waals surface area (Å²) in [7, 11) is -4.02. The van der Waals surface area contributed by atoms with Crippen LogP contribution >= 0.6 is 0 Å². The van der Waals surface area contributed by atoms with Crippen molar-refractivity contribution in [2.45, 2.75) is 62.4 Å². The Balaban J connectivity index is 0.000000870. The molecular weight excluding hydrogens is 714 g/mol. The molecule has 4 N–H and O–H groups in total. The molecule has 0 radical (unpaired) electrons. The Bertz CT molecular complexity index is 2200. The number of nitrogens with two attached hydrogens (primary N) is 1. The van der Waals surface area contributed by atoms with Gasteiger partial charge in [0.1, 0.15) is 29.6 Å². The quantitative estimate of drug-likeness (QED) is 0.129. The molecule has 0 unspecified atom stereocenters. The molecule has 52 heavy (non-hydrogen) atoms. The maximum Gasteiger partial charge on any atom is 0.293 e. The summed E-state index contributed by atoms with van der Waals surface area (Å²) < 4.78 is 116. The van der Waals surface area contributed by atoms with Gasteiger partial charge in [-0.25, -0.2) is 36.1 Å². The fourth-order valence-corrected chi connectivity index (χ4v) is 7.17. The van der Waals surface area contributed by atoms with Crippen LogP contribution in [0.2, 0.25) is 0 Å². The predicted molar refractivity (Wildman–Crippen MR) is 178 cm³/mol. The summed E-state index contributed by atoms with van der Waals surface area (Å²) in [6, 6.07) is 10.4. The standard InChI is InChI=1S/C31H24F6N6O3S.C4H10O/c32-16-7-14(8-17(33)10-16)9-24(40-25(44)13-43-29-26(28(42-43)30(34)35)20-11-21(20)31(29,36)37)27-19(12-23-22(41-27)5-6-39-23)15-1-3-18(4-2-15)47(38,45)46;1-3-5-4-2/h1-8,10,12,20-21,24,30,39H,9,11,13H2,(H,40,44)(H2,38,45,46);3-4H2,1-2H3/t20-,21+,24+;/m0./s1. The third kappa shape index (κ3) is 7.43. The number of halogens is 6. The number of aromatic amines is 1. The van der Waals surface area contributed by atoms with Gasteiger partial charge in [-0.3, -0.25) is 9.48 Å². The zero-order valence-corrected chi connectivity index (χ0v) is 28.7. The molecule has 5 aromatic rings. The third-order valence-corrected chi connectivity index (χ3v) is 9.88. The minimum atomic E-state index is -4.02. The van der Waals surface area contributed by atoms with Gasteiger partial charge >= 0.3 is 0 Å². The van der Waals surface area contributed by atoms with Gasteiger partial charge < -0.3 is 15.0 Å². The number of nitrogens with zero attached hydrogens (tertiary/aromatic N) is 3. The normalized spacial score (nSPS) is 17.7. The monoisotopic (exact) mass is 748 g/mol. The molecule has 0 bridgehead atoms. The number of amides is 1. The number of hydrogen-bond acceptors (Lipinski definition) is 6. The second-order valence-corrected chi connectivity index (χ2v) is 14.0. The van der Waals surface area contributed by atoms with Gasteiger partial charge in [0.25, 0.3) is 12.3 Å². The number of alkyl halides is 4. The molecule has 0 aliphatic heterocycles. The lowest BCUT2D eigenvalue weighted by Crippen LogP contribution is -2.35. The lowest BCUT2D eigenvalue weighted by Gasteiger charge is -2.23. The van der Waals surface area contributed by atoms with Gasteiger partial charge in [0, 0.05) is 42.5 Å². The van der Waals surface area contributed by atoms with E-state index in [1.54, 1.807) is 18.3 Å². The summed E-state index contributed by atoms with van der Waals surface area (Å²) in [6.45, 7) is 4.82. The molecule has 3 heterocycles. The van der Waals surface area contributed by atoms with Gasteiger partial charge in [-0.05, 0) is 80.1 Å². The fraction of sp³-hybridized carbons (Fsp3) is 0.343. The number of carbonyl (C=O) groups excluding carboxylic acids is 1. The number of H-pyrrole nitrogens is 1. The van der Waals surface area contributed by atoms with Crippen LogP contribution in [-0.4, -0.2) is 47.3 Å². The highest BCUT2D eigenvalue weighted by atomic mass is 32.2. The Kier molecular flexibility index (Phi) is 10.2.